The molecule has 0 saturated heterocycles. The monoisotopic (exact) mass is 264 g/mol. The van der Waals surface area contributed by atoms with Gasteiger partial charge in [-0.1, -0.05) is 11.8 Å². The molecule has 2 aromatic rings. The summed E-state index contributed by atoms with van der Waals surface area (Å²) in [6.07, 6.45) is 0. The van der Waals surface area contributed by atoms with Crippen LogP contribution in [-0.4, -0.2) is 28.2 Å². The average molecular weight is 264 g/mol. The fourth-order valence-electron chi connectivity index (χ4n) is 1.83. The molecule has 0 bridgehead atoms. The number of rotatable bonds is 2. The summed E-state index contributed by atoms with van der Waals surface area (Å²) in [6.45, 7) is 0. The Morgan fingerprint density at radius 3 is 1.10 bits per heavy atom. The molecule has 102 valence electrons. The van der Waals surface area contributed by atoms with E-state index in [2.05, 4.69) is 70.2 Å². The number of benzene rings is 2. The van der Waals surface area contributed by atoms with Crippen LogP contribution in [0.4, 0.5) is 11.4 Å². The van der Waals surface area contributed by atoms with Crippen LogP contribution in [0.15, 0.2) is 48.5 Å². The SMILES string of the molecule is CN(C)c1ccc(C#Cc2ccc(N(C)C)cc2)cc1. The van der Waals surface area contributed by atoms with E-state index < -0.39 is 0 Å². The molecule has 2 nitrogen and oxygen atoms in total. The second-order valence-electron chi connectivity index (χ2n) is 5.13. The largest absolute Gasteiger partial charge is 0.378 e. The molecular formula is C18H20N2. The van der Waals surface area contributed by atoms with Crippen LogP contribution in [-0.2, 0) is 0 Å². The molecule has 0 aliphatic rings. The van der Waals surface area contributed by atoms with Gasteiger partial charge in [0.25, 0.3) is 0 Å². The zero-order chi connectivity index (χ0) is 14.5. The van der Waals surface area contributed by atoms with E-state index in [0.717, 1.165) is 11.1 Å². The molecule has 0 fully saturated rings. The van der Waals surface area contributed by atoms with Crippen molar-refractivity contribution >= 4 is 11.4 Å². The highest BCUT2D eigenvalue weighted by Gasteiger charge is 1.95. The molecule has 0 aliphatic carbocycles. The Morgan fingerprint density at radius 2 is 0.850 bits per heavy atom. The lowest BCUT2D eigenvalue weighted by Gasteiger charge is -2.11. The number of hydrogen-bond donors (Lipinski definition) is 0. The van der Waals surface area contributed by atoms with Gasteiger partial charge in [-0.05, 0) is 48.5 Å². The lowest BCUT2D eigenvalue weighted by atomic mass is 10.1. The molecular weight excluding hydrogens is 244 g/mol. The molecule has 2 rings (SSSR count). The first-order valence-electron chi connectivity index (χ1n) is 6.63. The Hall–Kier alpha value is -2.40. The van der Waals surface area contributed by atoms with Crippen LogP contribution in [0.2, 0.25) is 0 Å². The van der Waals surface area contributed by atoms with Gasteiger partial charge in [0.15, 0.2) is 0 Å². The summed E-state index contributed by atoms with van der Waals surface area (Å²) < 4.78 is 0. The van der Waals surface area contributed by atoms with Gasteiger partial charge in [-0.15, -0.1) is 0 Å². The third-order valence-electron chi connectivity index (χ3n) is 3.12. The molecule has 0 aromatic heterocycles. The van der Waals surface area contributed by atoms with E-state index in [4.69, 9.17) is 0 Å². The van der Waals surface area contributed by atoms with Gasteiger partial charge < -0.3 is 9.80 Å². The van der Waals surface area contributed by atoms with Crippen molar-refractivity contribution in [3.63, 3.8) is 0 Å². The minimum absolute atomic E-state index is 1.03. The average Bonchev–Trinajstić information content (AvgIpc) is 2.46. The molecule has 0 heterocycles. The van der Waals surface area contributed by atoms with Gasteiger partial charge in [0.1, 0.15) is 0 Å². The van der Waals surface area contributed by atoms with Crippen LogP contribution in [0, 0.1) is 11.8 Å². The van der Waals surface area contributed by atoms with E-state index in [9.17, 15) is 0 Å². The normalized spacial score (nSPS) is 9.60. The zero-order valence-electron chi connectivity index (χ0n) is 12.5. The first-order valence-corrected chi connectivity index (χ1v) is 6.63. The Balaban J connectivity index is 2.13. The lowest BCUT2D eigenvalue weighted by molar-refractivity contribution is 1.13. The zero-order valence-corrected chi connectivity index (χ0v) is 12.5. The topological polar surface area (TPSA) is 6.48 Å². The van der Waals surface area contributed by atoms with E-state index in [0.29, 0.717) is 0 Å². The molecule has 0 spiro atoms. The maximum Gasteiger partial charge on any atom is 0.0361 e. The predicted octanol–water partition coefficient (Wildman–Crippen LogP) is 3.22. The molecule has 2 heteroatoms. The minimum Gasteiger partial charge on any atom is -0.378 e. The van der Waals surface area contributed by atoms with Crippen molar-refractivity contribution in [3.8, 4) is 11.8 Å². The van der Waals surface area contributed by atoms with Crippen LogP contribution in [0.5, 0.6) is 0 Å². The second-order valence-corrected chi connectivity index (χ2v) is 5.13. The van der Waals surface area contributed by atoms with E-state index in [1.807, 2.05) is 28.2 Å². The van der Waals surface area contributed by atoms with Crippen LogP contribution in [0.3, 0.4) is 0 Å². The van der Waals surface area contributed by atoms with Crippen molar-refractivity contribution in [2.45, 2.75) is 0 Å². The van der Waals surface area contributed by atoms with Crippen LogP contribution >= 0.6 is 0 Å². The molecule has 2 aromatic carbocycles. The summed E-state index contributed by atoms with van der Waals surface area (Å²) >= 11 is 0. The van der Waals surface area contributed by atoms with E-state index in [1.165, 1.54) is 11.4 Å². The summed E-state index contributed by atoms with van der Waals surface area (Å²) in [6, 6.07) is 16.5. The summed E-state index contributed by atoms with van der Waals surface area (Å²) in [4.78, 5) is 4.16. The Kier molecular flexibility index (Phi) is 4.32. The quantitative estimate of drug-likeness (QED) is 0.768. The molecule has 0 aliphatic heterocycles. The van der Waals surface area contributed by atoms with Gasteiger partial charge in [-0.3, -0.25) is 0 Å². The predicted molar refractivity (Wildman–Crippen MR) is 87.5 cm³/mol. The Labute approximate surface area is 121 Å². The third-order valence-corrected chi connectivity index (χ3v) is 3.12. The molecule has 0 amide bonds. The highest BCUT2D eigenvalue weighted by Crippen LogP contribution is 2.13. The highest BCUT2D eigenvalue weighted by molar-refractivity contribution is 5.53. The number of hydrogen-bond acceptors (Lipinski definition) is 2. The minimum atomic E-state index is 1.03. The number of nitrogens with zero attached hydrogens (tertiary/aromatic N) is 2. The summed E-state index contributed by atoms with van der Waals surface area (Å²) in [5, 5.41) is 0. The maximum absolute atomic E-state index is 3.19. The fourth-order valence-corrected chi connectivity index (χ4v) is 1.83. The molecule has 20 heavy (non-hydrogen) atoms. The Bertz CT molecular complexity index is 556. The molecule has 0 unspecified atom stereocenters. The molecule has 0 radical (unpaired) electrons. The van der Waals surface area contributed by atoms with Gasteiger partial charge in [-0.25, -0.2) is 0 Å². The first-order chi connectivity index (χ1) is 9.56. The van der Waals surface area contributed by atoms with Crippen LogP contribution in [0.25, 0.3) is 0 Å². The van der Waals surface area contributed by atoms with Crippen molar-refractivity contribution in [2.24, 2.45) is 0 Å². The van der Waals surface area contributed by atoms with Gasteiger partial charge in [0.2, 0.25) is 0 Å². The Morgan fingerprint density at radius 1 is 0.550 bits per heavy atom. The van der Waals surface area contributed by atoms with E-state index in [-0.39, 0.29) is 0 Å². The van der Waals surface area contributed by atoms with Gasteiger partial charge in [-0.2, -0.15) is 0 Å². The maximum atomic E-state index is 3.19. The van der Waals surface area contributed by atoms with Crippen molar-refractivity contribution in [2.75, 3.05) is 38.0 Å². The fraction of sp³-hybridized carbons (Fsp3) is 0.222. The summed E-state index contributed by atoms with van der Waals surface area (Å²) in [7, 11) is 8.14. The van der Waals surface area contributed by atoms with E-state index >= 15 is 0 Å². The molecule has 0 N–H and O–H groups in total. The highest BCUT2D eigenvalue weighted by atomic mass is 15.1. The second kappa shape index (κ2) is 6.16. The van der Waals surface area contributed by atoms with Crippen molar-refractivity contribution in [1.29, 1.82) is 0 Å². The van der Waals surface area contributed by atoms with Crippen molar-refractivity contribution in [3.05, 3.63) is 59.7 Å². The summed E-state index contributed by atoms with van der Waals surface area (Å²) in [5.41, 5.74) is 4.44. The standard InChI is InChI=1S/C18H20N2/c1-19(2)17-11-7-15(8-12-17)5-6-16-9-13-18(14-10-16)20(3)4/h7-14H,1-4H3. The van der Waals surface area contributed by atoms with Crippen molar-refractivity contribution < 1.29 is 0 Å². The third kappa shape index (κ3) is 3.55. The van der Waals surface area contributed by atoms with Gasteiger partial charge >= 0.3 is 0 Å². The van der Waals surface area contributed by atoms with Crippen LogP contribution in [0.1, 0.15) is 11.1 Å². The van der Waals surface area contributed by atoms with Gasteiger partial charge in [0, 0.05) is 50.7 Å². The van der Waals surface area contributed by atoms with E-state index in [1.54, 1.807) is 0 Å². The van der Waals surface area contributed by atoms with Crippen molar-refractivity contribution in [1.82, 2.24) is 0 Å². The van der Waals surface area contributed by atoms with Crippen LogP contribution < -0.4 is 9.80 Å². The smallest absolute Gasteiger partial charge is 0.0361 e. The number of anilines is 2. The molecule has 0 saturated carbocycles. The first kappa shape index (κ1) is 14.0. The van der Waals surface area contributed by atoms with Gasteiger partial charge in [0.05, 0.1) is 0 Å². The lowest BCUT2D eigenvalue weighted by Crippen LogP contribution is -2.08. The summed E-state index contributed by atoms with van der Waals surface area (Å²) in [5.74, 6) is 6.39. The molecule has 0 atom stereocenters.